The third-order valence-electron chi connectivity index (χ3n) is 1.76. The molecule has 0 bridgehead atoms. The first-order valence-corrected chi connectivity index (χ1v) is 6.10. The summed E-state index contributed by atoms with van der Waals surface area (Å²) in [6.07, 6.45) is 0.285. The number of carbonyl (C=O) groups is 2. The minimum Gasteiger partial charge on any atom is -0.313 e. The fourth-order valence-electron chi connectivity index (χ4n) is 1.27. The van der Waals surface area contributed by atoms with Crippen LogP contribution >= 0.6 is 7.52 Å². The maximum absolute atomic E-state index is 11.7. The van der Waals surface area contributed by atoms with E-state index in [9.17, 15) is 14.2 Å². The normalized spacial score (nSPS) is 22.2. The number of rotatable bonds is 3. The van der Waals surface area contributed by atoms with Crippen molar-refractivity contribution in [2.24, 2.45) is 0 Å². The van der Waals surface area contributed by atoms with Crippen molar-refractivity contribution in [1.29, 1.82) is 0 Å². The van der Waals surface area contributed by atoms with Gasteiger partial charge in [0.2, 0.25) is 11.8 Å². The number of hydrogen-bond donors (Lipinski definition) is 0. The monoisotopic (exact) mass is 205 g/mol. The van der Waals surface area contributed by atoms with E-state index in [1.54, 1.807) is 6.92 Å². The molecule has 0 aromatic heterocycles. The van der Waals surface area contributed by atoms with Gasteiger partial charge < -0.3 is 4.52 Å². The Bertz CT molecular complexity index is 272. The highest BCUT2D eigenvalue weighted by Crippen LogP contribution is 2.49. The smallest absolute Gasteiger partial charge is 0.302 e. The summed E-state index contributed by atoms with van der Waals surface area (Å²) in [5, 5.41) is 0. The molecule has 6 heteroatoms. The van der Waals surface area contributed by atoms with Gasteiger partial charge in [0.1, 0.15) is 0 Å². The summed E-state index contributed by atoms with van der Waals surface area (Å²) in [7, 11) is -3.22. The molecule has 1 unspecified atom stereocenters. The lowest BCUT2D eigenvalue weighted by molar-refractivity contribution is -0.133. The summed E-state index contributed by atoms with van der Waals surface area (Å²) < 4.78 is 17.4. The van der Waals surface area contributed by atoms with E-state index in [0.717, 1.165) is 4.67 Å². The maximum atomic E-state index is 11.7. The molecule has 0 radical (unpaired) electrons. The molecule has 5 nitrogen and oxygen atoms in total. The Balaban J connectivity index is 2.86. The molecule has 0 aliphatic carbocycles. The lowest BCUT2D eigenvalue weighted by Crippen LogP contribution is -2.26. The van der Waals surface area contributed by atoms with Gasteiger partial charge in [-0.1, -0.05) is 0 Å². The van der Waals surface area contributed by atoms with Crippen LogP contribution in [-0.4, -0.2) is 29.8 Å². The molecule has 1 aliphatic heterocycles. The molecule has 1 atom stereocenters. The molecule has 1 fully saturated rings. The Morgan fingerprint density at radius 3 is 2.23 bits per heavy atom. The third kappa shape index (κ3) is 1.98. The quantitative estimate of drug-likeness (QED) is 0.509. The Hall–Kier alpha value is -0.670. The van der Waals surface area contributed by atoms with Gasteiger partial charge in [-0.2, -0.15) is 0 Å². The number of imide groups is 1. The number of carbonyl (C=O) groups excluding carboxylic acids is 2. The van der Waals surface area contributed by atoms with E-state index < -0.39 is 19.3 Å². The zero-order valence-corrected chi connectivity index (χ0v) is 8.54. The van der Waals surface area contributed by atoms with Gasteiger partial charge in [0.15, 0.2) is 0 Å². The van der Waals surface area contributed by atoms with E-state index in [1.165, 1.54) is 6.66 Å². The topological polar surface area (TPSA) is 63.7 Å². The van der Waals surface area contributed by atoms with Crippen LogP contribution in [0.3, 0.4) is 0 Å². The van der Waals surface area contributed by atoms with Crippen molar-refractivity contribution in [1.82, 2.24) is 4.67 Å². The summed E-state index contributed by atoms with van der Waals surface area (Å²) in [5.41, 5.74) is 0. The lowest BCUT2D eigenvalue weighted by Gasteiger charge is -2.21. The van der Waals surface area contributed by atoms with E-state index >= 15 is 0 Å². The number of hydrogen-bond acceptors (Lipinski definition) is 4. The standard InChI is InChI=1S/C7H12NO4P/c1-3-12-13(2,11)8-6(9)4-5-7(8)10/h3-5H2,1-2H3. The van der Waals surface area contributed by atoms with Crippen molar-refractivity contribution >= 4 is 19.3 Å². The summed E-state index contributed by atoms with van der Waals surface area (Å²) in [6, 6.07) is 0. The first-order valence-electron chi connectivity index (χ1n) is 4.07. The Morgan fingerprint density at radius 2 is 1.85 bits per heavy atom. The molecule has 0 aromatic carbocycles. The Labute approximate surface area is 76.6 Å². The van der Waals surface area contributed by atoms with Gasteiger partial charge in [0, 0.05) is 19.5 Å². The SMILES string of the molecule is CCOP(C)(=O)N1C(=O)CCC1=O. The predicted molar refractivity (Wildman–Crippen MR) is 46.2 cm³/mol. The minimum atomic E-state index is -3.22. The molecule has 1 aliphatic rings. The number of nitrogens with zero attached hydrogens (tertiary/aromatic N) is 1. The molecule has 0 aromatic rings. The van der Waals surface area contributed by atoms with Crippen molar-refractivity contribution in [3.63, 3.8) is 0 Å². The zero-order valence-electron chi connectivity index (χ0n) is 7.65. The van der Waals surface area contributed by atoms with Crippen molar-refractivity contribution < 1.29 is 18.7 Å². The van der Waals surface area contributed by atoms with E-state index in [2.05, 4.69) is 0 Å². The van der Waals surface area contributed by atoms with Gasteiger partial charge in [-0.05, 0) is 6.92 Å². The summed E-state index contributed by atoms with van der Waals surface area (Å²) >= 11 is 0. The average Bonchev–Trinajstić information content (AvgIpc) is 2.31. The fourth-order valence-corrected chi connectivity index (χ4v) is 2.87. The highest BCUT2D eigenvalue weighted by molar-refractivity contribution is 7.57. The van der Waals surface area contributed by atoms with Gasteiger partial charge in [-0.15, -0.1) is 0 Å². The van der Waals surface area contributed by atoms with Crippen LogP contribution in [0.5, 0.6) is 0 Å². The van der Waals surface area contributed by atoms with Crippen LogP contribution in [0, 0.1) is 0 Å². The van der Waals surface area contributed by atoms with Crippen LogP contribution in [0.4, 0.5) is 0 Å². The molecular formula is C7H12NO4P. The second-order valence-electron chi connectivity index (χ2n) is 2.82. The summed E-state index contributed by atoms with van der Waals surface area (Å²) in [5.74, 6) is -0.798. The molecule has 2 amide bonds. The van der Waals surface area contributed by atoms with Crippen molar-refractivity contribution in [3.8, 4) is 0 Å². The zero-order chi connectivity index (χ0) is 10.1. The molecule has 0 spiro atoms. The Morgan fingerprint density at radius 1 is 1.38 bits per heavy atom. The van der Waals surface area contributed by atoms with Gasteiger partial charge in [-0.3, -0.25) is 14.2 Å². The van der Waals surface area contributed by atoms with Crippen LogP contribution in [0.15, 0.2) is 0 Å². The third-order valence-corrected chi connectivity index (χ3v) is 3.67. The van der Waals surface area contributed by atoms with E-state index in [4.69, 9.17) is 4.52 Å². The first kappa shape index (κ1) is 10.4. The minimum absolute atomic E-state index is 0.143. The molecule has 74 valence electrons. The molecule has 1 saturated heterocycles. The van der Waals surface area contributed by atoms with Gasteiger partial charge in [0.25, 0.3) is 0 Å². The molecule has 0 saturated carbocycles. The molecule has 1 heterocycles. The molecular weight excluding hydrogens is 193 g/mol. The molecule has 1 rings (SSSR count). The second-order valence-corrected chi connectivity index (χ2v) is 5.08. The van der Waals surface area contributed by atoms with E-state index in [-0.39, 0.29) is 19.4 Å². The highest BCUT2D eigenvalue weighted by Gasteiger charge is 2.40. The van der Waals surface area contributed by atoms with E-state index in [0.29, 0.717) is 0 Å². The first-order chi connectivity index (χ1) is 5.99. The predicted octanol–water partition coefficient (Wildman–Crippen LogP) is 0.995. The lowest BCUT2D eigenvalue weighted by atomic mass is 10.4. The molecule has 0 N–H and O–H groups in total. The summed E-state index contributed by atoms with van der Waals surface area (Å²) in [4.78, 5) is 22.3. The van der Waals surface area contributed by atoms with Gasteiger partial charge in [-0.25, -0.2) is 4.67 Å². The fraction of sp³-hybridized carbons (Fsp3) is 0.714. The van der Waals surface area contributed by atoms with Crippen molar-refractivity contribution in [2.45, 2.75) is 19.8 Å². The van der Waals surface area contributed by atoms with Crippen molar-refractivity contribution in [3.05, 3.63) is 0 Å². The highest BCUT2D eigenvalue weighted by atomic mass is 31.2. The van der Waals surface area contributed by atoms with E-state index in [1.807, 2.05) is 0 Å². The van der Waals surface area contributed by atoms with Crippen molar-refractivity contribution in [2.75, 3.05) is 13.3 Å². The second kappa shape index (κ2) is 3.60. The summed E-state index contributed by atoms with van der Waals surface area (Å²) in [6.45, 7) is 3.18. The average molecular weight is 205 g/mol. The van der Waals surface area contributed by atoms with Gasteiger partial charge in [0.05, 0.1) is 6.61 Å². The molecule has 13 heavy (non-hydrogen) atoms. The number of amides is 2. The van der Waals surface area contributed by atoms with Crippen LogP contribution in [0.1, 0.15) is 19.8 Å². The van der Waals surface area contributed by atoms with Crippen LogP contribution < -0.4 is 0 Å². The van der Waals surface area contributed by atoms with Crippen LogP contribution in [0.25, 0.3) is 0 Å². The largest absolute Gasteiger partial charge is 0.313 e. The van der Waals surface area contributed by atoms with Gasteiger partial charge >= 0.3 is 7.52 Å². The Kier molecular flexibility index (Phi) is 2.88. The van der Waals surface area contributed by atoms with Crippen LogP contribution in [-0.2, 0) is 18.7 Å². The maximum Gasteiger partial charge on any atom is 0.302 e. The van der Waals surface area contributed by atoms with Crippen LogP contribution in [0.2, 0.25) is 0 Å².